The van der Waals surface area contributed by atoms with Gasteiger partial charge in [-0.3, -0.25) is 0 Å². The fourth-order valence-electron chi connectivity index (χ4n) is 0.771. The third kappa shape index (κ3) is 2.09. The first-order chi connectivity index (χ1) is 5.79. The van der Waals surface area contributed by atoms with Crippen LogP contribution in [-0.2, 0) is 6.54 Å². The molecule has 1 rings (SSSR count). The molecule has 0 amide bonds. The Balaban J connectivity index is 2.66. The van der Waals surface area contributed by atoms with Gasteiger partial charge in [-0.05, 0) is 18.1 Å². The lowest BCUT2D eigenvalue weighted by atomic mass is 10.4. The fourth-order valence-corrected chi connectivity index (χ4v) is 1.80. The first-order valence-electron chi connectivity index (χ1n) is 3.68. The molecule has 1 heterocycles. The molecule has 0 saturated carbocycles. The lowest BCUT2D eigenvalue weighted by molar-refractivity contribution is 0.402. The highest BCUT2D eigenvalue weighted by atomic mass is 35.5. The zero-order valence-electron chi connectivity index (χ0n) is 7.06. The molecule has 5 heteroatoms. The summed E-state index contributed by atoms with van der Waals surface area (Å²) in [6.07, 6.45) is 0. The summed E-state index contributed by atoms with van der Waals surface area (Å²) < 4.78 is 8.98. The summed E-state index contributed by atoms with van der Waals surface area (Å²) in [6, 6.07) is 0. The lowest BCUT2D eigenvalue weighted by Gasteiger charge is -1.97. The number of methoxy groups -OCH3 is 1. The zero-order valence-corrected chi connectivity index (χ0v) is 8.63. The second-order valence-corrected chi connectivity index (χ2v) is 3.45. The number of halogens is 1. The highest BCUT2D eigenvalue weighted by Crippen LogP contribution is 2.30. The van der Waals surface area contributed by atoms with E-state index in [4.69, 9.17) is 16.3 Å². The molecule has 0 aliphatic heterocycles. The molecule has 0 radical (unpaired) electrons. The van der Waals surface area contributed by atoms with Gasteiger partial charge in [0.1, 0.15) is 5.02 Å². The van der Waals surface area contributed by atoms with Gasteiger partial charge in [0.05, 0.1) is 12.0 Å². The van der Waals surface area contributed by atoms with E-state index in [1.807, 2.05) is 6.92 Å². The minimum absolute atomic E-state index is 0.523. The van der Waals surface area contributed by atoms with Crippen molar-refractivity contribution >= 4 is 23.1 Å². The van der Waals surface area contributed by atoms with Crippen LogP contribution in [0.4, 0.5) is 0 Å². The molecule has 0 fully saturated rings. The monoisotopic (exact) mass is 206 g/mol. The molecule has 0 bridgehead atoms. The van der Waals surface area contributed by atoms with Gasteiger partial charge in [0, 0.05) is 6.54 Å². The fraction of sp³-hybridized carbons (Fsp3) is 0.571. The van der Waals surface area contributed by atoms with Gasteiger partial charge in [0.2, 0.25) is 5.88 Å². The molecule has 12 heavy (non-hydrogen) atoms. The molecular formula is C7H11ClN2OS. The predicted molar refractivity (Wildman–Crippen MR) is 51.1 cm³/mol. The van der Waals surface area contributed by atoms with E-state index in [1.165, 1.54) is 11.5 Å². The molecule has 0 spiro atoms. The van der Waals surface area contributed by atoms with Gasteiger partial charge in [-0.1, -0.05) is 18.5 Å². The summed E-state index contributed by atoms with van der Waals surface area (Å²) in [6.45, 7) is 3.74. The van der Waals surface area contributed by atoms with Crippen LogP contribution in [-0.4, -0.2) is 18.0 Å². The quantitative estimate of drug-likeness (QED) is 0.818. The molecule has 1 aromatic heterocycles. The van der Waals surface area contributed by atoms with Crippen molar-refractivity contribution in [3.63, 3.8) is 0 Å². The van der Waals surface area contributed by atoms with Crippen molar-refractivity contribution in [3.05, 3.63) is 9.90 Å². The van der Waals surface area contributed by atoms with Gasteiger partial charge in [-0.25, -0.2) is 0 Å². The number of hydrogen-bond donors (Lipinski definition) is 1. The summed E-state index contributed by atoms with van der Waals surface area (Å²) in [4.78, 5) is 1.02. The van der Waals surface area contributed by atoms with E-state index in [0.717, 1.165) is 18.0 Å². The summed E-state index contributed by atoms with van der Waals surface area (Å²) in [5.41, 5.74) is 0. The molecule has 0 aliphatic rings. The van der Waals surface area contributed by atoms with Crippen LogP contribution < -0.4 is 10.1 Å². The van der Waals surface area contributed by atoms with Crippen molar-refractivity contribution in [2.24, 2.45) is 0 Å². The van der Waals surface area contributed by atoms with Crippen LogP contribution in [0.15, 0.2) is 0 Å². The second-order valence-electron chi connectivity index (χ2n) is 2.21. The highest BCUT2D eigenvalue weighted by molar-refractivity contribution is 7.06. The average Bonchev–Trinajstić information content (AvgIpc) is 2.43. The second kappa shape index (κ2) is 4.64. The van der Waals surface area contributed by atoms with E-state index >= 15 is 0 Å². The largest absolute Gasteiger partial charge is 0.479 e. The number of aromatic nitrogens is 1. The molecule has 0 aromatic carbocycles. The van der Waals surface area contributed by atoms with Gasteiger partial charge in [0.15, 0.2) is 0 Å². The Labute approximate surface area is 80.9 Å². The van der Waals surface area contributed by atoms with E-state index in [1.54, 1.807) is 7.11 Å². The first-order valence-corrected chi connectivity index (χ1v) is 4.83. The van der Waals surface area contributed by atoms with Crippen LogP contribution in [0.2, 0.25) is 5.02 Å². The minimum atomic E-state index is 0.523. The summed E-state index contributed by atoms with van der Waals surface area (Å²) >= 11 is 7.31. The van der Waals surface area contributed by atoms with E-state index in [0.29, 0.717) is 10.9 Å². The van der Waals surface area contributed by atoms with Crippen molar-refractivity contribution in [2.45, 2.75) is 13.5 Å². The smallest absolute Gasteiger partial charge is 0.244 e. The molecule has 1 aromatic rings. The summed E-state index contributed by atoms with van der Waals surface area (Å²) in [5, 5.41) is 3.80. The maximum atomic E-state index is 5.94. The molecule has 0 saturated heterocycles. The van der Waals surface area contributed by atoms with E-state index in [9.17, 15) is 0 Å². The molecule has 68 valence electrons. The number of rotatable bonds is 4. The molecule has 1 N–H and O–H groups in total. The van der Waals surface area contributed by atoms with Crippen molar-refractivity contribution in [1.29, 1.82) is 0 Å². The van der Waals surface area contributed by atoms with Crippen LogP contribution >= 0.6 is 23.1 Å². The van der Waals surface area contributed by atoms with E-state index in [-0.39, 0.29) is 0 Å². The van der Waals surface area contributed by atoms with Crippen LogP contribution in [0.3, 0.4) is 0 Å². The van der Waals surface area contributed by atoms with Crippen molar-refractivity contribution < 1.29 is 4.74 Å². The standard InChI is InChI=1S/C7H11ClN2OS/c1-3-9-4-5-6(8)7(11-2)10-12-5/h9H,3-4H2,1-2H3. The summed E-state index contributed by atoms with van der Waals surface area (Å²) in [5.74, 6) is 0.523. The molecule has 0 unspecified atom stereocenters. The van der Waals surface area contributed by atoms with Crippen LogP contribution in [0.5, 0.6) is 5.88 Å². The number of nitrogens with one attached hydrogen (secondary N) is 1. The van der Waals surface area contributed by atoms with Gasteiger partial charge in [-0.15, -0.1) is 0 Å². The maximum Gasteiger partial charge on any atom is 0.244 e. The van der Waals surface area contributed by atoms with Crippen LogP contribution in [0.25, 0.3) is 0 Å². The van der Waals surface area contributed by atoms with Crippen LogP contribution in [0, 0.1) is 0 Å². The normalized spacial score (nSPS) is 10.2. The van der Waals surface area contributed by atoms with Gasteiger partial charge < -0.3 is 10.1 Å². The third-order valence-electron chi connectivity index (χ3n) is 1.40. The third-order valence-corrected chi connectivity index (χ3v) is 2.73. The maximum absolute atomic E-state index is 5.94. The Hall–Kier alpha value is -0.320. The predicted octanol–water partition coefficient (Wildman–Crippen LogP) is 1.91. The average molecular weight is 207 g/mol. The van der Waals surface area contributed by atoms with Crippen molar-refractivity contribution in [1.82, 2.24) is 9.69 Å². The Morgan fingerprint density at radius 3 is 2.92 bits per heavy atom. The number of ether oxygens (including phenoxy) is 1. The SMILES string of the molecule is CCNCc1snc(OC)c1Cl. The van der Waals surface area contributed by atoms with E-state index < -0.39 is 0 Å². The minimum Gasteiger partial charge on any atom is -0.479 e. The highest BCUT2D eigenvalue weighted by Gasteiger charge is 2.10. The Kier molecular flexibility index (Phi) is 3.78. The van der Waals surface area contributed by atoms with Gasteiger partial charge >= 0.3 is 0 Å². The van der Waals surface area contributed by atoms with Crippen LogP contribution in [0.1, 0.15) is 11.8 Å². The summed E-state index contributed by atoms with van der Waals surface area (Å²) in [7, 11) is 1.57. The van der Waals surface area contributed by atoms with Gasteiger partial charge in [0.25, 0.3) is 0 Å². The molecule has 0 aliphatic carbocycles. The molecule has 0 atom stereocenters. The van der Waals surface area contributed by atoms with Crippen molar-refractivity contribution in [2.75, 3.05) is 13.7 Å². The Bertz CT molecular complexity index is 252. The Morgan fingerprint density at radius 2 is 2.42 bits per heavy atom. The number of nitrogens with zero attached hydrogens (tertiary/aromatic N) is 1. The number of hydrogen-bond acceptors (Lipinski definition) is 4. The molecular weight excluding hydrogens is 196 g/mol. The first kappa shape index (κ1) is 9.77. The zero-order chi connectivity index (χ0) is 8.97. The van der Waals surface area contributed by atoms with Gasteiger partial charge in [-0.2, -0.15) is 4.37 Å². The topological polar surface area (TPSA) is 34.2 Å². The Morgan fingerprint density at radius 1 is 1.67 bits per heavy atom. The van der Waals surface area contributed by atoms with Crippen molar-refractivity contribution in [3.8, 4) is 5.88 Å². The molecule has 3 nitrogen and oxygen atoms in total. The van der Waals surface area contributed by atoms with E-state index in [2.05, 4.69) is 9.69 Å². The lowest BCUT2D eigenvalue weighted by Crippen LogP contribution is -2.10.